The molecule has 3 amide bonds. The van der Waals surface area contributed by atoms with Crippen LogP contribution in [0.3, 0.4) is 0 Å². The minimum Gasteiger partial charge on any atom is -0.480 e. The summed E-state index contributed by atoms with van der Waals surface area (Å²) in [6.07, 6.45) is 2.76. The molecule has 0 spiro atoms. The van der Waals surface area contributed by atoms with Crippen LogP contribution in [0.15, 0.2) is 0 Å². The van der Waals surface area contributed by atoms with Crippen LogP contribution in [-0.4, -0.2) is 41.1 Å². The van der Waals surface area contributed by atoms with Gasteiger partial charge in [-0.3, -0.25) is 4.79 Å². The first-order valence-corrected chi connectivity index (χ1v) is 6.11. The molecule has 7 nitrogen and oxygen atoms in total. The lowest BCUT2D eigenvalue weighted by atomic mass is 9.98. The number of amides is 3. The summed E-state index contributed by atoms with van der Waals surface area (Å²) in [5.41, 5.74) is -1.14. The molecule has 1 saturated heterocycles. The average Bonchev–Trinajstić information content (AvgIpc) is 2.89. The molecule has 4 N–H and O–H groups in total. The summed E-state index contributed by atoms with van der Waals surface area (Å²) in [7, 11) is 0. The van der Waals surface area contributed by atoms with Crippen molar-refractivity contribution >= 4 is 17.9 Å². The first-order chi connectivity index (χ1) is 8.52. The van der Waals surface area contributed by atoms with Crippen molar-refractivity contribution < 1.29 is 19.5 Å². The topological polar surface area (TPSA) is 108 Å². The molecule has 0 aromatic carbocycles. The highest BCUT2D eigenvalue weighted by Gasteiger charge is 2.43. The quantitative estimate of drug-likeness (QED) is 0.549. The number of hydrogen-bond donors (Lipinski definition) is 4. The van der Waals surface area contributed by atoms with Crippen molar-refractivity contribution in [1.29, 1.82) is 0 Å². The molecule has 0 aromatic heterocycles. The Hall–Kier alpha value is -1.79. The van der Waals surface area contributed by atoms with Gasteiger partial charge in [-0.05, 0) is 12.8 Å². The summed E-state index contributed by atoms with van der Waals surface area (Å²) >= 11 is 0. The molecule has 2 aliphatic rings. The van der Waals surface area contributed by atoms with Crippen molar-refractivity contribution in [2.24, 2.45) is 0 Å². The van der Waals surface area contributed by atoms with E-state index in [-0.39, 0.29) is 18.4 Å². The van der Waals surface area contributed by atoms with Crippen molar-refractivity contribution in [2.45, 2.75) is 43.7 Å². The molecule has 100 valence electrons. The Bertz CT molecular complexity index is 376. The lowest BCUT2D eigenvalue weighted by molar-refractivity contribution is -0.144. The van der Waals surface area contributed by atoms with Crippen LogP contribution in [0.2, 0.25) is 0 Å². The van der Waals surface area contributed by atoms with Crippen LogP contribution in [-0.2, 0) is 9.59 Å². The second kappa shape index (κ2) is 4.83. The third-order valence-corrected chi connectivity index (χ3v) is 3.53. The molecule has 2 fully saturated rings. The minimum atomic E-state index is -1.14. The van der Waals surface area contributed by atoms with E-state index >= 15 is 0 Å². The number of carbonyl (C=O) groups is 3. The van der Waals surface area contributed by atoms with E-state index in [2.05, 4.69) is 16.0 Å². The molecular formula is C11H17N3O4. The van der Waals surface area contributed by atoms with Gasteiger partial charge >= 0.3 is 12.0 Å². The Kier molecular flexibility index (Phi) is 3.40. The van der Waals surface area contributed by atoms with E-state index < -0.39 is 17.5 Å². The monoisotopic (exact) mass is 255 g/mol. The molecule has 7 heteroatoms. The Morgan fingerprint density at radius 3 is 2.50 bits per heavy atom. The van der Waals surface area contributed by atoms with E-state index in [1.54, 1.807) is 0 Å². The summed E-state index contributed by atoms with van der Waals surface area (Å²) in [6.45, 7) is 0.395. The lowest BCUT2D eigenvalue weighted by Gasteiger charge is -2.26. The molecule has 1 atom stereocenters. The number of carbonyl (C=O) groups excluding carboxylic acids is 2. The highest BCUT2D eigenvalue weighted by atomic mass is 16.4. The molecule has 2 rings (SSSR count). The van der Waals surface area contributed by atoms with E-state index in [0.717, 1.165) is 12.8 Å². The second-order valence-corrected chi connectivity index (χ2v) is 4.90. The molecule has 1 heterocycles. The van der Waals surface area contributed by atoms with Gasteiger partial charge in [0.2, 0.25) is 5.91 Å². The standard InChI is InChI=1S/C11H17N3O4/c15-8-5-7(6-12-8)13-10(18)14-11(9(16)17)3-1-2-4-11/h7H,1-6H2,(H,12,15)(H,16,17)(H2,13,14,18). The summed E-state index contributed by atoms with van der Waals surface area (Å²) in [5, 5.41) is 17.0. The normalized spacial score (nSPS) is 25.6. The second-order valence-electron chi connectivity index (χ2n) is 4.90. The van der Waals surface area contributed by atoms with Crippen molar-refractivity contribution in [1.82, 2.24) is 16.0 Å². The van der Waals surface area contributed by atoms with Gasteiger partial charge in [0.05, 0.1) is 6.04 Å². The van der Waals surface area contributed by atoms with E-state index in [9.17, 15) is 19.5 Å². The predicted molar refractivity (Wildman–Crippen MR) is 61.9 cm³/mol. The molecule has 1 aliphatic heterocycles. The average molecular weight is 255 g/mol. The van der Waals surface area contributed by atoms with Crippen molar-refractivity contribution in [3.63, 3.8) is 0 Å². The number of urea groups is 1. The number of carboxylic acid groups (broad SMARTS) is 1. The van der Waals surface area contributed by atoms with Gasteiger partial charge in [-0.15, -0.1) is 0 Å². The van der Waals surface area contributed by atoms with Crippen LogP contribution in [0, 0.1) is 0 Å². The highest BCUT2D eigenvalue weighted by Crippen LogP contribution is 2.29. The zero-order chi connectivity index (χ0) is 13.2. The maximum Gasteiger partial charge on any atom is 0.329 e. The Morgan fingerprint density at radius 2 is 2.00 bits per heavy atom. The largest absolute Gasteiger partial charge is 0.480 e. The van der Waals surface area contributed by atoms with Gasteiger partial charge in [-0.1, -0.05) is 12.8 Å². The van der Waals surface area contributed by atoms with E-state index in [0.29, 0.717) is 19.4 Å². The summed E-state index contributed by atoms with van der Waals surface area (Å²) < 4.78 is 0. The summed E-state index contributed by atoms with van der Waals surface area (Å²) in [4.78, 5) is 34.0. The fourth-order valence-electron chi connectivity index (χ4n) is 2.52. The van der Waals surface area contributed by atoms with Gasteiger partial charge in [0, 0.05) is 13.0 Å². The lowest BCUT2D eigenvalue weighted by Crippen LogP contribution is -2.57. The number of carboxylic acids is 1. The minimum absolute atomic E-state index is 0.103. The predicted octanol–water partition coefficient (Wildman–Crippen LogP) is -0.429. The smallest absolute Gasteiger partial charge is 0.329 e. The molecule has 1 saturated carbocycles. The maximum absolute atomic E-state index is 11.7. The van der Waals surface area contributed by atoms with Crippen LogP contribution in [0.4, 0.5) is 4.79 Å². The van der Waals surface area contributed by atoms with Crippen LogP contribution in [0.5, 0.6) is 0 Å². The molecular weight excluding hydrogens is 238 g/mol. The van der Waals surface area contributed by atoms with Gasteiger partial charge in [-0.25, -0.2) is 9.59 Å². The maximum atomic E-state index is 11.7. The van der Waals surface area contributed by atoms with E-state index in [1.165, 1.54) is 0 Å². The van der Waals surface area contributed by atoms with Gasteiger partial charge < -0.3 is 21.1 Å². The van der Waals surface area contributed by atoms with Crippen LogP contribution < -0.4 is 16.0 Å². The molecule has 0 aromatic rings. The number of rotatable bonds is 3. The molecule has 1 aliphatic carbocycles. The van der Waals surface area contributed by atoms with Crippen LogP contribution >= 0.6 is 0 Å². The molecule has 18 heavy (non-hydrogen) atoms. The van der Waals surface area contributed by atoms with Crippen LogP contribution in [0.25, 0.3) is 0 Å². The van der Waals surface area contributed by atoms with Gasteiger partial charge in [0.15, 0.2) is 0 Å². The van der Waals surface area contributed by atoms with E-state index in [4.69, 9.17) is 0 Å². The van der Waals surface area contributed by atoms with Crippen molar-refractivity contribution in [3.8, 4) is 0 Å². The first kappa shape index (κ1) is 12.7. The fraction of sp³-hybridized carbons (Fsp3) is 0.727. The van der Waals surface area contributed by atoms with E-state index in [1.807, 2.05) is 0 Å². The van der Waals surface area contributed by atoms with Crippen molar-refractivity contribution in [2.75, 3.05) is 6.54 Å². The Labute approximate surface area is 104 Å². The van der Waals surface area contributed by atoms with Gasteiger partial charge in [0.1, 0.15) is 5.54 Å². The zero-order valence-corrected chi connectivity index (χ0v) is 9.99. The SMILES string of the molecule is O=C1CC(NC(=O)NC2(C(=O)O)CCCC2)CN1. The first-order valence-electron chi connectivity index (χ1n) is 6.11. The van der Waals surface area contributed by atoms with Gasteiger partial charge in [-0.2, -0.15) is 0 Å². The number of aliphatic carboxylic acids is 1. The van der Waals surface area contributed by atoms with Gasteiger partial charge in [0.25, 0.3) is 0 Å². The summed E-state index contributed by atoms with van der Waals surface area (Å²) in [5.74, 6) is -1.09. The molecule has 0 radical (unpaired) electrons. The van der Waals surface area contributed by atoms with Crippen LogP contribution in [0.1, 0.15) is 32.1 Å². The highest BCUT2D eigenvalue weighted by molar-refractivity contribution is 5.87. The third kappa shape index (κ3) is 2.55. The fourth-order valence-corrected chi connectivity index (χ4v) is 2.52. The third-order valence-electron chi connectivity index (χ3n) is 3.53. The number of hydrogen-bond acceptors (Lipinski definition) is 3. The molecule has 1 unspecified atom stereocenters. The van der Waals surface area contributed by atoms with Crippen molar-refractivity contribution in [3.05, 3.63) is 0 Å². The Morgan fingerprint density at radius 1 is 1.33 bits per heavy atom. The molecule has 0 bridgehead atoms. The Balaban J connectivity index is 1.89. The summed E-state index contributed by atoms with van der Waals surface area (Å²) in [6, 6.07) is -0.773. The zero-order valence-electron chi connectivity index (χ0n) is 9.99. The number of nitrogens with one attached hydrogen (secondary N) is 3.